The van der Waals surface area contributed by atoms with Gasteiger partial charge >= 0.3 is 0 Å². The van der Waals surface area contributed by atoms with E-state index in [0.717, 1.165) is 37.2 Å². The van der Waals surface area contributed by atoms with Crippen molar-refractivity contribution in [2.75, 3.05) is 17.5 Å². The normalized spacial score (nSPS) is 24.0. The first-order valence-electron chi connectivity index (χ1n) is 7.31. The number of halogens is 1. The van der Waals surface area contributed by atoms with Gasteiger partial charge in [-0.15, -0.1) is 0 Å². The fourth-order valence-electron chi connectivity index (χ4n) is 3.22. The van der Waals surface area contributed by atoms with E-state index >= 15 is 0 Å². The SMILES string of the molecule is O=C(CI)N1CC2CC(=NOCc3ccccc3)CC2C1. The summed E-state index contributed by atoms with van der Waals surface area (Å²) in [7, 11) is 0. The number of carbonyl (C=O) groups is 1. The zero-order valence-electron chi connectivity index (χ0n) is 11.9. The Balaban J connectivity index is 1.48. The van der Waals surface area contributed by atoms with E-state index in [0.29, 0.717) is 22.9 Å². The number of likely N-dealkylation sites (tertiary alicyclic amines) is 1. The van der Waals surface area contributed by atoms with Crippen LogP contribution in [0.3, 0.4) is 0 Å². The molecule has 0 spiro atoms. The van der Waals surface area contributed by atoms with Crippen molar-refractivity contribution in [3.8, 4) is 0 Å². The monoisotopic (exact) mass is 398 g/mol. The van der Waals surface area contributed by atoms with Gasteiger partial charge in [-0.05, 0) is 30.2 Å². The van der Waals surface area contributed by atoms with Crippen LogP contribution < -0.4 is 0 Å². The molecule has 1 aromatic rings. The molecule has 1 saturated heterocycles. The molecule has 0 bridgehead atoms. The van der Waals surface area contributed by atoms with Gasteiger partial charge in [0.1, 0.15) is 6.61 Å². The highest BCUT2D eigenvalue weighted by molar-refractivity contribution is 14.1. The first-order valence-corrected chi connectivity index (χ1v) is 8.84. The van der Waals surface area contributed by atoms with Gasteiger partial charge in [-0.1, -0.05) is 58.1 Å². The van der Waals surface area contributed by atoms with Crippen molar-refractivity contribution in [3.05, 3.63) is 35.9 Å². The highest BCUT2D eigenvalue weighted by Gasteiger charge is 2.40. The summed E-state index contributed by atoms with van der Waals surface area (Å²) < 4.78 is 0.582. The molecule has 1 aromatic carbocycles. The molecule has 0 aromatic heterocycles. The van der Waals surface area contributed by atoms with Gasteiger partial charge in [0.05, 0.1) is 10.1 Å². The lowest BCUT2D eigenvalue weighted by Gasteiger charge is -2.15. The van der Waals surface area contributed by atoms with Gasteiger partial charge in [0.2, 0.25) is 5.91 Å². The van der Waals surface area contributed by atoms with E-state index in [1.54, 1.807) is 0 Å². The Labute approximate surface area is 138 Å². The predicted molar refractivity (Wildman–Crippen MR) is 90.3 cm³/mol. The zero-order chi connectivity index (χ0) is 14.7. The maximum absolute atomic E-state index is 11.7. The van der Waals surface area contributed by atoms with E-state index in [1.165, 1.54) is 0 Å². The van der Waals surface area contributed by atoms with Crippen LogP contribution in [0.15, 0.2) is 35.5 Å². The topological polar surface area (TPSA) is 41.9 Å². The van der Waals surface area contributed by atoms with Crippen molar-refractivity contribution in [3.63, 3.8) is 0 Å². The van der Waals surface area contributed by atoms with Crippen molar-refractivity contribution >= 4 is 34.2 Å². The molecule has 0 N–H and O–H groups in total. The maximum Gasteiger partial charge on any atom is 0.232 e. The summed E-state index contributed by atoms with van der Waals surface area (Å²) in [5.74, 6) is 1.43. The molecule has 4 nitrogen and oxygen atoms in total. The average molecular weight is 398 g/mol. The molecule has 1 amide bonds. The van der Waals surface area contributed by atoms with Gasteiger partial charge in [-0.2, -0.15) is 0 Å². The molecule has 3 rings (SSSR count). The van der Waals surface area contributed by atoms with Gasteiger partial charge in [0.15, 0.2) is 0 Å². The number of nitrogens with zero attached hydrogens (tertiary/aromatic N) is 2. The van der Waals surface area contributed by atoms with Crippen LogP contribution in [0.1, 0.15) is 18.4 Å². The van der Waals surface area contributed by atoms with Crippen LogP contribution in [0.2, 0.25) is 0 Å². The number of hydrogen-bond acceptors (Lipinski definition) is 3. The number of hydrogen-bond donors (Lipinski definition) is 0. The minimum atomic E-state index is 0.267. The Hall–Kier alpha value is -1.11. The summed E-state index contributed by atoms with van der Waals surface area (Å²) >= 11 is 2.14. The van der Waals surface area contributed by atoms with E-state index in [1.807, 2.05) is 35.2 Å². The van der Waals surface area contributed by atoms with Gasteiger partial charge in [0, 0.05) is 13.1 Å². The number of rotatable bonds is 4. The number of oxime groups is 1. The smallest absolute Gasteiger partial charge is 0.232 e. The molecule has 1 saturated carbocycles. The molecule has 1 aliphatic heterocycles. The lowest BCUT2D eigenvalue weighted by atomic mass is 10.0. The van der Waals surface area contributed by atoms with Crippen LogP contribution >= 0.6 is 22.6 Å². The van der Waals surface area contributed by atoms with E-state index < -0.39 is 0 Å². The Bertz CT molecular complexity index is 516. The number of benzene rings is 1. The van der Waals surface area contributed by atoms with E-state index in [9.17, 15) is 4.79 Å². The first kappa shape index (κ1) is 14.8. The van der Waals surface area contributed by atoms with Crippen LogP contribution in [0, 0.1) is 11.8 Å². The number of fused-ring (bicyclic) bond motifs is 1. The largest absolute Gasteiger partial charge is 0.391 e. The third kappa shape index (κ3) is 3.56. The van der Waals surface area contributed by atoms with Gasteiger partial charge in [-0.3, -0.25) is 4.79 Å². The fourth-order valence-corrected chi connectivity index (χ4v) is 3.71. The third-order valence-electron chi connectivity index (χ3n) is 4.31. The van der Waals surface area contributed by atoms with Crippen LogP contribution in [0.4, 0.5) is 0 Å². The second-order valence-electron chi connectivity index (χ2n) is 5.78. The molecular formula is C16H19IN2O2. The molecule has 2 atom stereocenters. The maximum atomic E-state index is 11.7. The zero-order valence-corrected chi connectivity index (χ0v) is 14.0. The molecule has 112 valence electrons. The fraction of sp³-hybridized carbons (Fsp3) is 0.500. The molecule has 5 heteroatoms. The Morgan fingerprint density at radius 1 is 1.24 bits per heavy atom. The van der Waals surface area contributed by atoms with Crippen LogP contribution in [-0.2, 0) is 16.2 Å². The first-order chi connectivity index (χ1) is 10.3. The van der Waals surface area contributed by atoms with Crippen LogP contribution in [0.5, 0.6) is 0 Å². The second-order valence-corrected chi connectivity index (χ2v) is 6.54. The number of carbonyl (C=O) groups excluding carboxylic acids is 1. The highest BCUT2D eigenvalue weighted by Crippen LogP contribution is 2.36. The Morgan fingerprint density at radius 3 is 2.52 bits per heavy atom. The lowest BCUT2D eigenvalue weighted by molar-refractivity contribution is -0.127. The predicted octanol–water partition coefficient (Wildman–Crippen LogP) is 2.86. The highest BCUT2D eigenvalue weighted by atomic mass is 127. The summed E-state index contributed by atoms with van der Waals surface area (Å²) in [6.45, 7) is 2.31. The average Bonchev–Trinajstić information content (AvgIpc) is 3.06. The van der Waals surface area contributed by atoms with Crippen molar-refractivity contribution in [1.29, 1.82) is 0 Å². The Morgan fingerprint density at radius 2 is 1.90 bits per heavy atom. The van der Waals surface area contributed by atoms with Gasteiger partial charge in [0.25, 0.3) is 0 Å². The third-order valence-corrected chi connectivity index (χ3v) is 4.96. The molecule has 0 radical (unpaired) electrons. The summed E-state index contributed by atoms with van der Waals surface area (Å²) in [6.07, 6.45) is 1.95. The van der Waals surface area contributed by atoms with Crippen LogP contribution in [0.25, 0.3) is 0 Å². The second kappa shape index (κ2) is 6.77. The van der Waals surface area contributed by atoms with E-state index in [4.69, 9.17) is 4.84 Å². The lowest BCUT2D eigenvalue weighted by Crippen LogP contribution is -2.30. The summed E-state index contributed by atoms with van der Waals surface area (Å²) in [5, 5.41) is 4.30. The molecule has 2 unspecified atom stereocenters. The minimum absolute atomic E-state index is 0.267. The van der Waals surface area contributed by atoms with E-state index in [-0.39, 0.29) is 5.91 Å². The van der Waals surface area contributed by atoms with Crippen molar-refractivity contribution in [1.82, 2.24) is 4.90 Å². The number of alkyl halides is 1. The van der Waals surface area contributed by atoms with Crippen molar-refractivity contribution in [2.24, 2.45) is 17.0 Å². The van der Waals surface area contributed by atoms with Crippen molar-refractivity contribution in [2.45, 2.75) is 19.4 Å². The van der Waals surface area contributed by atoms with E-state index in [2.05, 4.69) is 27.7 Å². The van der Waals surface area contributed by atoms with Gasteiger partial charge < -0.3 is 9.74 Å². The summed E-state index contributed by atoms with van der Waals surface area (Å²) in [5.41, 5.74) is 2.29. The summed E-state index contributed by atoms with van der Waals surface area (Å²) in [6, 6.07) is 10.1. The summed E-state index contributed by atoms with van der Waals surface area (Å²) in [4.78, 5) is 19.2. The molecular weight excluding hydrogens is 379 g/mol. The van der Waals surface area contributed by atoms with Crippen molar-refractivity contribution < 1.29 is 9.63 Å². The standard InChI is InChI=1S/C16H19IN2O2/c17-8-16(20)19-9-13-6-15(7-14(13)10-19)18-21-11-12-4-2-1-3-5-12/h1-5,13-14H,6-11H2. The minimum Gasteiger partial charge on any atom is -0.391 e. The van der Waals surface area contributed by atoms with Crippen LogP contribution in [-0.4, -0.2) is 34.0 Å². The molecule has 1 heterocycles. The molecule has 2 fully saturated rings. The molecule has 2 aliphatic rings. The quantitative estimate of drug-likeness (QED) is 0.445. The molecule has 21 heavy (non-hydrogen) atoms. The molecule has 1 aliphatic carbocycles. The Kier molecular flexibility index (Phi) is 4.77. The number of amides is 1. The van der Waals surface area contributed by atoms with Gasteiger partial charge in [-0.25, -0.2) is 0 Å².